The summed E-state index contributed by atoms with van der Waals surface area (Å²) in [5.41, 5.74) is 2.61. The molecule has 0 bridgehead atoms. The van der Waals surface area contributed by atoms with Crippen LogP contribution in [0, 0.1) is 0 Å². The van der Waals surface area contributed by atoms with Gasteiger partial charge in [-0.3, -0.25) is 5.43 Å². The molecule has 0 aliphatic rings. The van der Waals surface area contributed by atoms with Crippen molar-refractivity contribution >= 4 is 5.96 Å². The van der Waals surface area contributed by atoms with Crippen molar-refractivity contribution in [2.45, 2.75) is 65.0 Å². The molecule has 108 valence electrons. The molecule has 18 heavy (non-hydrogen) atoms. The summed E-state index contributed by atoms with van der Waals surface area (Å²) in [6, 6.07) is 0.479. The Morgan fingerprint density at radius 1 is 1.28 bits per heavy atom. The lowest BCUT2D eigenvalue weighted by Crippen LogP contribution is -2.47. The summed E-state index contributed by atoms with van der Waals surface area (Å²) in [4.78, 5) is 4.53. The maximum absolute atomic E-state index is 5.46. The second-order valence-electron chi connectivity index (χ2n) is 4.82. The number of hydrogen-bond donors (Lipinski definition) is 3. The molecular formula is C13H30N4O. The Kier molecular flexibility index (Phi) is 10.8. The van der Waals surface area contributed by atoms with Gasteiger partial charge in [0.2, 0.25) is 5.96 Å². The van der Waals surface area contributed by atoms with Gasteiger partial charge in [0.25, 0.3) is 0 Å². The SMILES string of the molecule is CCCCCCC(C)N=C(NN)NC(C)COC. The average molecular weight is 258 g/mol. The first-order chi connectivity index (χ1) is 8.63. The van der Waals surface area contributed by atoms with Crippen LogP contribution in [0.15, 0.2) is 4.99 Å². The van der Waals surface area contributed by atoms with Crippen molar-refractivity contribution in [2.75, 3.05) is 13.7 Å². The number of nitrogens with one attached hydrogen (secondary N) is 2. The zero-order chi connectivity index (χ0) is 13.8. The topological polar surface area (TPSA) is 71.7 Å². The van der Waals surface area contributed by atoms with Crippen LogP contribution in [0.5, 0.6) is 0 Å². The minimum atomic E-state index is 0.192. The van der Waals surface area contributed by atoms with Crippen molar-refractivity contribution in [1.29, 1.82) is 0 Å². The summed E-state index contributed by atoms with van der Waals surface area (Å²) in [6.45, 7) is 7.00. The van der Waals surface area contributed by atoms with E-state index in [0.717, 1.165) is 6.42 Å². The molecule has 0 fully saturated rings. The molecule has 2 unspecified atom stereocenters. The van der Waals surface area contributed by atoms with Gasteiger partial charge in [-0.25, -0.2) is 10.8 Å². The van der Waals surface area contributed by atoms with E-state index < -0.39 is 0 Å². The largest absolute Gasteiger partial charge is 0.383 e. The van der Waals surface area contributed by atoms with Crippen LogP contribution in [0.1, 0.15) is 52.9 Å². The van der Waals surface area contributed by atoms with Crippen molar-refractivity contribution in [1.82, 2.24) is 10.7 Å². The number of hydrogen-bond acceptors (Lipinski definition) is 3. The van der Waals surface area contributed by atoms with Crippen LogP contribution in [0.25, 0.3) is 0 Å². The highest BCUT2D eigenvalue weighted by molar-refractivity contribution is 5.79. The Balaban J connectivity index is 3.99. The van der Waals surface area contributed by atoms with Crippen LogP contribution in [0.3, 0.4) is 0 Å². The molecule has 0 saturated carbocycles. The zero-order valence-corrected chi connectivity index (χ0v) is 12.3. The standard InChI is InChI=1S/C13H30N4O/c1-5-6-7-8-9-11(2)15-13(17-14)16-12(3)10-18-4/h11-12H,5-10,14H2,1-4H3,(H2,15,16,17). The van der Waals surface area contributed by atoms with Crippen LogP contribution >= 0.6 is 0 Å². The van der Waals surface area contributed by atoms with Crippen molar-refractivity contribution in [3.05, 3.63) is 0 Å². The molecule has 0 aromatic carbocycles. The van der Waals surface area contributed by atoms with Gasteiger partial charge in [0.1, 0.15) is 0 Å². The van der Waals surface area contributed by atoms with E-state index in [0.29, 0.717) is 12.6 Å². The molecule has 0 heterocycles. The first-order valence-electron chi connectivity index (χ1n) is 6.93. The Labute approximate surface area is 112 Å². The number of unbranched alkanes of at least 4 members (excludes halogenated alkanes) is 3. The van der Waals surface area contributed by atoms with Crippen molar-refractivity contribution in [3.8, 4) is 0 Å². The number of methoxy groups -OCH3 is 1. The minimum Gasteiger partial charge on any atom is -0.383 e. The van der Waals surface area contributed by atoms with E-state index in [1.165, 1.54) is 25.7 Å². The summed E-state index contributed by atoms with van der Waals surface area (Å²) in [5, 5.41) is 3.19. The Bertz CT molecular complexity index is 221. The second kappa shape index (κ2) is 11.3. The van der Waals surface area contributed by atoms with E-state index in [1.807, 2.05) is 6.92 Å². The van der Waals surface area contributed by atoms with Crippen LogP contribution in [0.4, 0.5) is 0 Å². The third kappa shape index (κ3) is 9.24. The number of guanidine groups is 1. The fourth-order valence-electron chi connectivity index (χ4n) is 1.79. The van der Waals surface area contributed by atoms with Gasteiger partial charge in [-0.05, 0) is 20.3 Å². The summed E-state index contributed by atoms with van der Waals surface area (Å²) >= 11 is 0. The third-order valence-electron chi connectivity index (χ3n) is 2.76. The van der Waals surface area contributed by atoms with Crippen LogP contribution < -0.4 is 16.6 Å². The molecule has 0 aromatic rings. The van der Waals surface area contributed by atoms with Crippen molar-refractivity contribution in [3.63, 3.8) is 0 Å². The number of rotatable bonds is 9. The molecule has 2 atom stereocenters. The highest BCUT2D eigenvalue weighted by atomic mass is 16.5. The van der Waals surface area contributed by atoms with E-state index in [2.05, 4.69) is 29.6 Å². The summed E-state index contributed by atoms with van der Waals surface area (Å²) in [7, 11) is 1.68. The van der Waals surface area contributed by atoms with Gasteiger partial charge in [-0.1, -0.05) is 32.6 Å². The molecular weight excluding hydrogens is 228 g/mol. The maximum atomic E-state index is 5.46. The van der Waals surface area contributed by atoms with Gasteiger partial charge in [0.05, 0.1) is 12.6 Å². The first-order valence-corrected chi connectivity index (χ1v) is 6.93. The molecule has 0 amide bonds. The van der Waals surface area contributed by atoms with Gasteiger partial charge in [-0.2, -0.15) is 0 Å². The molecule has 0 rings (SSSR count). The molecule has 0 radical (unpaired) electrons. The zero-order valence-electron chi connectivity index (χ0n) is 12.3. The summed E-state index contributed by atoms with van der Waals surface area (Å²) in [5.74, 6) is 6.10. The summed E-state index contributed by atoms with van der Waals surface area (Å²) < 4.78 is 5.06. The average Bonchev–Trinajstić information content (AvgIpc) is 2.34. The van der Waals surface area contributed by atoms with Gasteiger partial charge < -0.3 is 10.1 Å². The minimum absolute atomic E-state index is 0.192. The normalized spacial score (nSPS) is 15.3. The molecule has 0 aromatic heterocycles. The Morgan fingerprint density at radius 2 is 2.00 bits per heavy atom. The monoisotopic (exact) mass is 258 g/mol. The lowest BCUT2D eigenvalue weighted by molar-refractivity contribution is 0.179. The van der Waals surface area contributed by atoms with Crippen molar-refractivity contribution < 1.29 is 4.74 Å². The van der Waals surface area contributed by atoms with Gasteiger partial charge >= 0.3 is 0 Å². The van der Waals surface area contributed by atoms with Crippen LogP contribution in [0.2, 0.25) is 0 Å². The predicted octanol–water partition coefficient (Wildman–Crippen LogP) is 1.79. The molecule has 4 N–H and O–H groups in total. The molecule has 5 heteroatoms. The molecule has 0 spiro atoms. The lowest BCUT2D eigenvalue weighted by Gasteiger charge is -2.17. The lowest BCUT2D eigenvalue weighted by atomic mass is 10.1. The van der Waals surface area contributed by atoms with E-state index in [4.69, 9.17) is 10.6 Å². The molecule has 0 aliphatic heterocycles. The fraction of sp³-hybridized carbons (Fsp3) is 0.923. The van der Waals surface area contributed by atoms with Crippen molar-refractivity contribution in [2.24, 2.45) is 10.8 Å². The van der Waals surface area contributed by atoms with E-state index in [9.17, 15) is 0 Å². The molecule has 0 aliphatic carbocycles. The fourth-order valence-corrected chi connectivity index (χ4v) is 1.79. The number of nitrogens with zero attached hydrogens (tertiary/aromatic N) is 1. The highest BCUT2D eigenvalue weighted by Crippen LogP contribution is 2.07. The molecule has 5 nitrogen and oxygen atoms in total. The van der Waals surface area contributed by atoms with Gasteiger partial charge in [0.15, 0.2) is 0 Å². The Morgan fingerprint density at radius 3 is 2.56 bits per heavy atom. The second-order valence-corrected chi connectivity index (χ2v) is 4.82. The third-order valence-corrected chi connectivity index (χ3v) is 2.76. The number of nitrogens with two attached hydrogens (primary N) is 1. The van der Waals surface area contributed by atoms with Crippen LogP contribution in [-0.2, 0) is 4.74 Å². The number of hydrazine groups is 1. The van der Waals surface area contributed by atoms with E-state index >= 15 is 0 Å². The predicted molar refractivity (Wildman–Crippen MR) is 77.5 cm³/mol. The maximum Gasteiger partial charge on any atom is 0.206 e. The first kappa shape index (κ1) is 17.2. The Hall–Kier alpha value is -0.810. The summed E-state index contributed by atoms with van der Waals surface area (Å²) in [6.07, 6.45) is 6.19. The smallest absolute Gasteiger partial charge is 0.206 e. The number of aliphatic imine (C=N–C) groups is 1. The van der Waals surface area contributed by atoms with Gasteiger partial charge in [0, 0.05) is 13.2 Å². The van der Waals surface area contributed by atoms with E-state index in [-0.39, 0.29) is 12.1 Å². The van der Waals surface area contributed by atoms with E-state index in [1.54, 1.807) is 7.11 Å². The highest BCUT2D eigenvalue weighted by Gasteiger charge is 2.06. The van der Waals surface area contributed by atoms with Gasteiger partial charge in [-0.15, -0.1) is 0 Å². The van der Waals surface area contributed by atoms with Crippen LogP contribution in [-0.4, -0.2) is 31.8 Å². The number of ether oxygens (including phenoxy) is 1. The molecule has 0 saturated heterocycles. The quantitative estimate of drug-likeness (QED) is 0.194.